The third-order valence-electron chi connectivity index (χ3n) is 13.8. The number of furan rings is 2. The fourth-order valence-electron chi connectivity index (χ4n) is 9.74. The second-order valence-electron chi connectivity index (χ2n) is 23.3. The lowest BCUT2D eigenvalue weighted by Crippen LogP contribution is -2.41. The molecule has 5 aliphatic heterocycles. The Labute approximate surface area is 499 Å². The van der Waals surface area contributed by atoms with Gasteiger partial charge in [0.1, 0.15) is 40.2 Å². The van der Waals surface area contributed by atoms with Crippen LogP contribution in [0, 0.1) is 11.8 Å². The molecule has 2 aliphatic carbocycles. The van der Waals surface area contributed by atoms with E-state index in [9.17, 15) is 14.4 Å². The number of halogens is 3. The van der Waals surface area contributed by atoms with Crippen LogP contribution in [0.3, 0.4) is 0 Å². The molecule has 11 rings (SSSR count). The third kappa shape index (κ3) is 19.4. The zero-order valence-corrected chi connectivity index (χ0v) is 52.0. The van der Waals surface area contributed by atoms with Gasteiger partial charge < -0.3 is 47.2 Å². The van der Waals surface area contributed by atoms with E-state index in [-0.39, 0.29) is 43.5 Å². The van der Waals surface area contributed by atoms with E-state index in [1.807, 2.05) is 102 Å². The molecule has 2 aromatic heterocycles. The lowest BCUT2D eigenvalue weighted by atomic mass is 9.88. The van der Waals surface area contributed by atoms with E-state index in [1.54, 1.807) is 30.0 Å². The smallest absolute Gasteiger partial charge is 0.410 e. The van der Waals surface area contributed by atoms with Crippen molar-refractivity contribution in [2.45, 2.75) is 153 Å². The lowest BCUT2D eigenvalue weighted by Gasteiger charge is -2.33. The molecule has 7 heterocycles. The number of carbonyl (C=O) groups is 3. The number of piperidine rings is 3. The maximum atomic E-state index is 12.1. The maximum absolute atomic E-state index is 12.1. The second kappa shape index (κ2) is 28.7. The highest BCUT2D eigenvalue weighted by molar-refractivity contribution is 14.1. The van der Waals surface area contributed by atoms with E-state index in [1.165, 1.54) is 21.0 Å². The first-order valence-electron chi connectivity index (χ1n) is 27.2. The highest BCUT2D eigenvalue weighted by atomic mass is 127. The van der Waals surface area contributed by atoms with Crippen LogP contribution < -0.4 is 0 Å². The Morgan fingerprint density at radius 3 is 1.72 bits per heavy atom. The van der Waals surface area contributed by atoms with E-state index in [0.717, 1.165) is 98.8 Å². The van der Waals surface area contributed by atoms with Crippen LogP contribution in [0.25, 0.3) is 21.9 Å². The number of alkyl halides is 1. The van der Waals surface area contributed by atoms with E-state index in [0.29, 0.717) is 27.6 Å². The van der Waals surface area contributed by atoms with Gasteiger partial charge in [-0.15, -0.1) is 0 Å². The van der Waals surface area contributed by atoms with Crippen molar-refractivity contribution in [1.29, 1.82) is 0 Å². The molecule has 4 aromatic rings. The molecule has 0 radical (unpaired) electrons. The minimum absolute atomic E-state index is 0. The van der Waals surface area contributed by atoms with Gasteiger partial charge in [-0.3, -0.25) is 0 Å². The number of benzene rings is 2. The van der Waals surface area contributed by atoms with Gasteiger partial charge in [0, 0.05) is 68.8 Å². The minimum atomic E-state index is -0.434. The Kier molecular flexibility index (Phi) is 22.9. The summed E-state index contributed by atoms with van der Waals surface area (Å²) in [6.45, 7) is 21.7. The van der Waals surface area contributed by atoms with Crippen molar-refractivity contribution in [1.82, 2.24) is 14.7 Å². The molecule has 0 bridgehead atoms. The van der Waals surface area contributed by atoms with Crippen LogP contribution in [0.5, 0.6) is 0 Å². The number of amides is 3. The molecule has 430 valence electrons. The van der Waals surface area contributed by atoms with Crippen molar-refractivity contribution in [3.63, 3.8) is 0 Å². The lowest BCUT2D eigenvalue weighted by molar-refractivity contribution is 0.0194. The normalized spacial score (nSPS) is 21.8. The molecule has 16 heteroatoms. The molecule has 13 nitrogen and oxygen atoms in total. The number of likely N-dealkylation sites (tertiary alicyclic amines) is 3. The maximum Gasteiger partial charge on any atom is 0.410 e. The van der Waals surface area contributed by atoms with Crippen molar-refractivity contribution in [2.75, 3.05) is 39.3 Å². The Hall–Kier alpha value is -4.94. The van der Waals surface area contributed by atoms with Gasteiger partial charge in [0.2, 0.25) is 0 Å². The molecule has 0 N–H and O–H groups in total. The molecule has 79 heavy (non-hydrogen) atoms. The van der Waals surface area contributed by atoms with E-state index >= 15 is 0 Å². The Bertz CT molecular complexity index is 2820. The fraction of sp³-hybridized carbons (Fsp3) is 0.508. The summed E-state index contributed by atoms with van der Waals surface area (Å²) in [7, 11) is 0. The average Bonchev–Trinajstić information content (AvgIpc) is 4.26. The summed E-state index contributed by atoms with van der Waals surface area (Å²) in [6.07, 6.45) is 29.4. The van der Waals surface area contributed by atoms with Gasteiger partial charge in [0.15, 0.2) is 0 Å². The van der Waals surface area contributed by atoms with Gasteiger partial charge in [-0.2, -0.15) is 0 Å². The van der Waals surface area contributed by atoms with Crippen molar-refractivity contribution in [3.8, 4) is 0 Å². The van der Waals surface area contributed by atoms with Crippen LogP contribution >= 0.6 is 54.5 Å². The monoisotopic (exact) mass is 1330 g/mol. The number of hydrogen-bond donors (Lipinski definition) is 0. The molecule has 7 aliphatic rings. The van der Waals surface area contributed by atoms with Crippen LogP contribution in [0.15, 0.2) is 140 Å². The number of rotatable bonds is 2. The quantitative estimate of drug-likeness (QED) is 0.108. The summed E-state index contributed by atoms with van der Waals surface area (Å²) in [4.78, 5) is 41.3. The molecular formula is C63H82Br2IN3O10. The highest BCUT2D eigenvalue weighted by Gasteiger charge is 2.31. The molecular weight excluding hydrogens is 1250 g/mol. The first-order chi connectivity index (χ1) is 37.0. The molecule has 2 aromatic carbocycles. The Balaban J connectivity index is 0.000000165. The van der Waals surface area contributed by atoms with Gasteiger partial charge in [-0.1, -0.05) is 110 Å². The predicted octanol–water partition coefficient (Wildman–Crippen LogP) is 17.3. The summed E-state index contributed by atoms with van der Waals surface area (Å²) in [5.74, 6) is 1.83. The second-order valence-corrected chi connectivity index (χ2v) is 26.9. The molecule has 3 fully saturated rings. The topological polar surface area (TPSA) is 133 Å². The number of allylic oxidation sites excluding steroid dienone is 4. The first kappa shape index (κ1) is 63.2. The van der Waals surface area contributed by atoms with Crippen LogP contribution in [-0.4, -0.2) is 105 Å². The highest BCUT2D eigenvalue weighted by Crippen LogP contribution is 2.36. The van der Waals surface area contributed by atoms with Crippen LogP contribution in [0.4, 0.5) is 14.4 Å². The van der Waals surface area contributed by atoms with Crippen molar-refractivity contribution >= 4 is 94.7 Å². The van der Waals surface area contributed by atoms with Crippen LogP contribution in [-0.2, 0) is 23.7 Å². The van der Waals surface area contributed by atoms with Gasteiger partial charge in [0.05, 0.1) is 31.0 Å². The third-order valence-corrected chi connectivity index (χ3v) is 16.3. The molecule has 4 atom stereocenters. The zero-order valence-electron chi connectivity index (χ0n) is 46.6. The Morgan fingerprint density at radius 1 is 0.608 bits per heavy atom. The largest absolute Gasteiger partial charge is 0.493 e. The summed E-state index contributed by atoms with van der Waals surface area (Å²) in [5.41, 5.74) is 3.26. The summed E-state index contributed by atoms with van der Waals surface area (Å²) < 4.78 is 40.7. The molecule has 0 spiro atoms. The predicted molar refractivity (Wildman–Crippen MR) is 331 cm³/mol. The van der Waals surface area contributed by atoms with E-state index in [2.05, 4.69) is 121 Å². The average molecular weight is 1330 g/mol. The van der Waals surface area contributed by atoms with Gasteiger partial charge in [0.25, 0.3) is 0 Å². The van der Waals surface area contributed by atoms with Crippen molar-refractivity contribution in [2.24, 2.45) is 11.8 Å². The number of nitrogens with zero attached hydrogens (tertiary/aromatic N) is 3. The van der Waals surface area contributed by atoms with Crippen LogP contribution in [0.1, 0.15) is 131 Å². The Morgan fingerprint density at radius 2 is 1.14 bits per heavy atom. The standard InChI is InChI=1S/2C18H23NO3.C10H18INO2.2C8H7BrO.CH4/c1-18(2,3)22-17(20)19-9-6-13(7-10-19)15-5-4-14-8-11-21-16(14)12-15;1-18(2,3)22-17(20)19-10-7-13(8-11-19)14-5-4-6-16-15(14)9-12-21-16;1-10(2,3)14-9(13)12-6-4-8(11)5-7-12;9-7-2-1-6-3-4-10-8(6)5-7;9-7-2-1-3-8-6(7)4-5-10-8;/h4-5,8,11-13H,6-7,9-10H2,1-3H3;4-6,9,12-13H,7-8,10-11H2,1-3H3;8H,4-7H2,1-3H3;2*1-6,8H;1H4. The molecule has 0 saturated carbocycles. The number of hydrogen-bond acceptors (Lipinski definition) is 10. The zero-order chi connectivity index (χ0) is 56.2. The van der Waals surface area contributed by atoms with Gasteiger partial charge >= 0.3 is 18.3 Å². The van der Waals surface area contributed by atoms with Crippen molar-refractivity contribution in [3.05, 3.63) is 142 Å². The van der Waals surface area contributed by atoms with Gasteiger partial charge in [-0.25, -0.2) is 14.4 Å². The van der Waals surface area contributed by atoms with Crippen molar-refractivity contribution < 1.29 is 46.9 Å². The molecule has 4 unspecified atom stereocenters. The fourth-order valence-corrected chi connectivity index (χ4v) is 11.3. The SMILES string of the molecule is BrC1=CC2OC=CC2C=C1.BrC1=CC=CC2OC=CC12.C.CC(C)(C)OC(=O)N1CCC(I)CC1.CC(C)(C)OC(=O)N1CCC(c2ccc3ccoc3c2)CC1.CC(C)(C)OC(=O)N1CCC(c2cccc3occc23)CC1. The summed E-state index contributed by atoms with van der Waals surface area (Å²) >= 11 is 9.30. The summed E-state index contributed by atoms with van der Waals surface area (Å²) in [5, 5.41) is 2.33. The van der Waals surface area contributed by atoms with E-state index in [4.69, 9.17) is 32.5 Å². The van der Waals surface area contributed by atoms with Gasteiger partial charge in [-0.05, 0) is 172 Å². The minimum Gasteiger partial charge on any atom is -0.493 e. The number of ether oxygens (including phenoxy) is 5. The number of fused-ring (bicyclic) bond motifs is 4. The number of carbonyl (C=O) groups excluding carboxylic acids is 3. The summed E-state index contributed by atoms with van der Waals surface area (Å²) in [6, 6.07) is 16.6. The molecule has 3 saturated heterocycles. The van der Waals surface area contributed by atoms with Crippen LogP contribution in [0.2, 0.25) is 0 Å². The first-order valence-corrected chi connectivity index (χ1v) is 30.1. The molecule has 3 amide bonds. The van der Waals surface area contributed by atoms with E-state index < -0.39 is 11.2 Å².